The maximum Gasteiger partial charge on any atom is 0.309 e. The Balaban J connectivity index is 1.66. The molecule has 1 aliphatic rings. The highest BCUT2D eigenvalue weighted by atomic mass is 16.6. The molecule has 0 amide bonds. The number of aliphatic hydroxyl groups is 2. The number of carbonyl (C=O) groups excluding carboxylic acids is 2. The van der Waals surface area contributed by atoms with E-state index in [2.05, 4.69) is 19.1 Å². The first-order valence-corrected chi connectivity index (χ1v) is 32.8. The Labute approximate surface area is 449 Å². The second-order valence-corrected chi connectivity index (χ2v) is 23.5. The quantitative estimate of drug-likeness (QED) is 0.0358. The number of carbonyl (C=O) groups is 2. The van der Waals surface area contributed by atoms with Crippen LogP contribution in [0.25, 0.3) is 0 Å². The van der Waals surface area contributed by atoms with Crippen molar-refractivity contribution in [1.82, 2.24) is 0 Å². The van der Waals surface area contributed by atoms with Crippen LogP contribution in [0.15, 0.2) is 12.2 Å². The summed E-state index contributed by atoms with van der Waals surface area (Å²) in [5.74, 6) is -1.40. The molecule has 0 aromatic heterocycles. The Morgan fingerprint density at radius 3 is 0.861 bits per heavy atom. The summed E-state index contributed by atoms with van der Waals surface area (Å²) in [6.45, 7) is 1.16. The van der Waals surface area contributed by atoms with Crippen molar-refractivity contribution in [2.75, 3.05) is 26.4 Å². The molecule has 426 valence electrons. The molecular formula is C66H126O6. The third kappa shape index (κ3) is 47.1. The van der Waals surface area contributed by atoms with Gasteiger partial charge in [-0.2, -0.15) is 0 Å². The van der Waals surface area contributed by atoms with Gasteiger partial charge in [0.1, 0.15) is 13.2 Å². The van der Waals surface area contributed by atoms with E-state index >= 15 is 0 Å². The van der Waals surface area contributed by atoms with Crippen LogP contribution in [0, 0.1) is 11.3 Å². The number of unbranched alkanes of at least 4 members (excludes halogenated alkanes) is 51. The highest BCUT2D eigenvalue weighted by molar-refractivity contribution is 5.80. The lowest BCUT2D eigenvalue weighted by atomic mass is 9.92. The largest absolute Gasteiger partial charge is 0.465 e. The van der Waals surface area contributed by atoms with Crippen molar-refractivity contribution in [3.8, 4) is 0 Å². The van der Waals surface area contributed by atoms with E-state index in [4.69, 9.17) is 9.47 Å². The normalized spacial score (nSPS) is 15.2. The monoisotopic (exact) mass is 1010 g/mol. The van der Waals surface area contributed by atoms with E-state index in [1.165, 1.54) is 321 Å². The molecule has 0 bridgehead atoms. The third-order valence-corrected chi connectivity index (χ3v) is 16.3. The van der Waals surface area contributed by atoms with Crippen molar-refractivity contribution in [1.29, 1.82) is 0 Å². The average Bonchev–Trinajstić information content (AvgIpc) is 3.45. The molecule has 1 heterocycles. The van der Waals surface area contributed by atoms with Gasteiger partial charge in [-0.1, -0.05) is 340 Å². The van der Waals surface area contributed by atoms with Gasteiger partial charge in [-0.05, 0) is 25.7 Å². The average molecular weight is 1020 g/mol. The number of hydrogen-bond donors (Lipinski definition) is 2. The minimum atomic E-state index is -1.12. The van der Waals surface area contributed by atoms with Gasteiger partial charge in [-0.15, -0.1) is 0 Å². The van der Waals surface area contributed by atoms with E-state index in [-0.39, 0.29) is 19.6 Å². The molecule has 1 atom stereocenters. The molecule has 6 heteroatoms. The van der Waals surface area contributed by atoms with Crippen LogP contribution >= 0.6 is 0 Å². The first-order valence-electron chi connectivity index (χ1n) is 32.8. The zero-order valence-electron chi connectivity index (χ0n) is 48.5. The minimum Gasteiger partial charge on any atom is -0.465 e. The van der Waals surface area contributed by atoms with Crippen LogP contribution in [-0.4, -0.2) is 48.6 Å². The summed E-state index contributed by atoms with van der Waals surface area (Å²) in [5, 5.41) is 19.2. The van der Waals surface area contributed by atoms with Crippen molar-refractivity contribution in [2.45, 2.75) is 360 Å². The van der Waals surface area contributed by atoms with Crippen LogP contribution in [0.1, 0.15) is 360 Å². The van der Waals surface area contributed by atoms with Crippen molar-refractivity contribution >= 4 is 11.9 Å². The van der Waals surface area contributed by atoms with Crippen molar-refractivity contribution in [3.05, 3.63) is 12.2 Å². The summed E-state index contributed by atoms with van der Waals surface area (Å²) >= 11 is 0. The minimum absolute atomic E-state index is 0.00526. The Hall–Kier alpha value is -1.40. The Morgan fingerprint density at radius 2 is 0.597 bits per heavy atom. The Morgan fingerprint density at radius 1 is 0.361 bits per heavy atom. The number of ether oxygens (including phenoxy) is 2. The lowest BCUT2D eigenvalue weighted by molar-refractivity contribution is -0.155. The number of rotatable bonds is 57. The molecule has 1 fully saturated rings. The molecule has 0 aromatic rings. The lowest BCUT2D eigenvalue weighted by Crippen LogP contribution is -2.40. The zero-order valence-corrected chi connectivity index (χ0v) is 48.5. The maximum absolute atomic E-state index is 12.5. The van der Waals surface area contributed by atoms with Gasteiger partial charge >= 0.3 is 11.9 Å². The van der Waals surface area contributed by atoms with Crippen LogP contribution in [0.3, 0.4) is 0 Å². The van der Waals surface area contributed by atoms with Gasteiger partial charge < -0.3 is 19.7 Å². The number of cyclic esters (lactones) is 2. The molecule has 1 rings (SSSR count). The lowest BCUT2D eigenvalue weighted by Gasteiger charge is -2.27. The molecule has 0 aliphatic carbocycles. The highest BCUT2D eigenvalue weighted by Gasteiger charge is 2.36. The molecule has 0 saturated carbocycles. The topological polar surface area (TPSA) is 93.1 Å². The summed E-state index contributed by atoms with van der Waals surface area (Å²) in [6, 6.07) is 0. The second kappa shape index (κ2) is 55.8. The first-order chi connectivity index (χ1) is 35.6. The summed E-state index contributed by atoms with van der Waals surface area (Å²) in [4.78, 5) is 24.7. The molecule has 1 unspecified atom stereocenters. The fourth-order valence-corrected chi connectivity index (χ4v) is 11.0. The summed E-state index contributed by atoms with van der Waals surface area (Å²) in [7, 11) is 0. The predicted molar refractivity (Wildman–Crippen MR) is 311 cm³/mol. The fraction of sp³-hybridized carbons (Fsp3) is 0.939. The van der Waals surface area contributed by atoms with Gasteiger partial charge in [0.2, 0.25) is 0 Å². The smallest absolute Gasteiger partial charge is 0.309 e. The van der Waals surface area contributed by atoms with E-state index in [0.717, 1.165) is 19.3 Å². The van der Waals surface area contributed by atoms with E-state index < -0.39 is 36.5 Å². The molecule has 1 aliphatic heterocycles. The molecule has 0 radical (unpaired) electrons. The Kier molecular flexibility index (Phi) is 53.2. The number of aliphatic hydroxyl groups excluding tert-OH is 2. The van der Waals surface area contributed by atoms with Crippen LogP contribution in [0.5, 0.6) is 0 Å². The van der Waals surface area contributed by atoms with E-state index in [9.17, 15) is 19.8 Å². The summed E-state index contributed by atoms with van der Waals surface area (Å²) in [6.07, 6.45) is 80.2. The van der Waals surface area contributed by atoms with Gasteiger partial charge in [0.25, 0.3) is 0 Å². The zero-order chi connectivity index (χ0) is 51.8. The van der Waals surface area contributed by atoms with E-state index in [1.54, 1.807) is 0 Å². The van der Waals surface area contributed by atoms with Crippen LogP contribution in [0.2, 0.25) is 0 Å². The summed E-state index contributed by atoms with van der Waals surface area (Å²) in [5.41, 5.74) is -1.12. The number of allylic oxidation sites excluding steroid dienone is 2. The van der Waals surface area contributed by atoms with Gasteiger partial charge in [-0.25, -0.2) is 0 Å². The molecule has 0 spiro atoms. The Bertz CT molecular complexity index is 1130. The number of hydrogen-bond acceptors (Lipinski definition) is 6. The van der Waals surface area contributed by atoms with Crippen molar-refractivity contribution < 1.29 is 29.3 Å². The van der Waals surface area contributed by atoms with E-state index in [1.807, 2.05) is 0 Å². The van der Waals surface area contributed by atoms with Crippen LogP contribution in [0.4, 0.5) is 0 Å². The van der Waals surface area contributed by atoms with Gasteiger partial charge in [0.05, 0.1) is 31.0 Å². The van der Waals surface area contributed by atoms with Gasteiger partial charge in [0, 0.05) is 0 Å². The van der Waals surface area contributed by atoms with E-state index in [0.29, 0.717) is 6.42 Å². The van der Waals surface area contributed by atoms with Crippen LogP contribution in [-0.2, 0) is 19.1 Å². The molecular weight excluding hydrogens is 889 g/mol. The predicted octanol–water partition coefficient (Wildman–Crippen LogP) is 20.7. The number of esters is 2. The standard InChI is InChI=1S/C66H126O6/c1-2-3-4-5-6-7-8-9-10-11-12-13-14-15-16-17-18-19-20-21-22-23-24-25-26-27-28-29-30-31-32-33-34-35-36-37-38-39-40-41-42-43-44-45-46-47-48-49-50-51-52-53-54-55-56-57-63-58-64(69)71-61-66(59-67,60-68)62-72-65(63)70/h4-5,63,67-68H,2-3,6-62H2,1H3/b5-4+. The van der Waals surface area contributed by atoms with Gasteiger partial charge in [-0.3, -0.25) is 9.59 Å². The SMILES string of the molecule is CCC/C=C/CCCCCCCCCCCCCCCCCCCCCCCCCCCCCCCCCCCCCCCCCCCCCCCCCCCCC1CC(=O)OCC(CO)(CO)COC1=O. The van der Waals surface area contributed by atoms with Crippen molar-refractivity contribution in [2.24, 2.45) is 11.3 Å². The molecule has 2 N–H and O–H groups in total. The maximum atomic E-state index is 12.5. The molecule has 72 heavy (non-hydrogen) atoms. The second-order valence-electron chi connectivity index (χ2n) is 23.5. The molecule has 0 aromatic carbocycles. The first kappa shape index (κ1) is 68.6. The third-order valence-electron chi connectivity index (χ3n) is 16.3. The fourth-order valence-electron chi connectivity index (χ4n) is 11.0. The van der Waals surface area contributed by atoms with Crippen LogP contribution < -0.4 is 0 Å². The highest BCUT2D eigenvalue weighted by Crippen LogP contribution is 2.25. The van der Waals surface area contributed by atoms with Crippen molar-refractivity contribution in [3.63, 3.8) is 0 Å². The summed E-state index contributed by atoms with van der Waals surface area (Å²) < 4.78 is 10.6. The molecule has 1 saturated heterocycles. The van der Waals surface area contributed by atoms with Gasteiger partial charge in [0.15, 0.2) is 0 Å². The molecule has 6 nitrogen and oxygen atoms in total.